The fourth-order valence-corrected chi connectivity index (χ4v) is 1.91. The van der Waals surface area contributed by atoms with Crippen molar-refractivity contribution in [2.45, 2.75) is 6.92 Å². The van der Waals surface area contributed by atoms with E-state index in [0.29, 0.717) is 0 Å². The Morgan fingerprint density at radius 2 is 1.94 bits per heavy atom. The maximum atomic E-state index is 5.82. The van der Waals surface area contributed by atoms with Crippen LogP contribution in [0.3, 0.4) is 0 Å². The van der Waals surface area contributed by atoms with Gasteiger partial charge in [-0.1, -0.05) is 11.6 Å². The van der Waals surface area contributed by atoms with E-state index >= 15 is 0 Å². The van der Waals surface area contributed by atoms with Crippen molar-refractivity contribution in [3.8, 4) is 0 Å². The molecule has 0 saturated carbocycles. The normalized spacial score (nSPS) is 10.2. The molecule has 1 aromatic heterocycles. The number of nitrogens with zero attached hydrogens (tertiary/aromatic N) is 1. The highest BCUT2D eigenvalue weighted by Gasteiger charge is 2.01. The summed E-state index contributed by atoms with van der Waals surface area (Å²) in [5, 5.41) is 3.96. The standard InChI is InChI=1S/C12H10BrClN2/c1-8-6-9(13)7-15-12(8)16-11-4-2-10(14)3-5-11/h2-7H,1H3,(H,15,16). The fourth-order valence-electron chi connectivity index (χ4n) is 1.34. The summed E-state index contributed by atoms with van der Waals surface area (Å²) in [4.78, 5) is 4.30. The van der Waals surface area contributed by atoms with Crippen molar-refractivity contribution < 1.29 is 0 Å². The smallest absolute Gasteiger partial charge is 0.133 e. The molecule has 0 amide bonds. The molecule has 0 unspecified atom stereocenters. The summed E-state index contributed by atoms with van der Waals surface area (Å²) in [5.41, 5.74) is 2.06. The van der Waals surface area contributed by atoms with Crippen molar-refractivity contribution in [3.63, 3.8) is 0 Å². The van der Waals surface area contributed by atoms with Gasteiger partial charge in [-0.05, 0) is 58.7 Å². The fraction of sp³-hybridized carbons (Fsp3) is 0.0833. The zero-order valence-electron chi connectivity index (χ0n) is 8.67. The van der Waals surface area contributed by atoms with Crippen LogP contribution in [0.25, 0.3) is 0 Å². The minimum atomic E-state index is 0.728. The van der Waals surface area contributed by atoms with E-state index in [-0.39, 0.29) is 0 Å². The van der Waals surface area contributed by atoms with Crippen LogP contribution >= 0.6 is 27.5 Å². The molecule has 0 saturated heterocycles. The summed E-state index contributed by atoms with van der Waals surface area (Å²) in [5.74, 6) is 0.852. The Morgan fingerprint density at radius 3 is 2.56 bits per heavy atom. The van der Waals surface area contributed by atoms with Crippen molar-refractivity contribution in [2.75, 3.05) is 5.32 Å². The lowest BCUT2D eigenvalue weighted by Gasteiger charge is -2.08. The summed E-state index contributed by atoms with van der Waals surface area (Å²) in [7, 11) is 0. The maximum Gasteiger partial charge on any atom is 0.133 e. The first-order chi connectivity index (χ1) is 7.65. The molecule has 2 rings (SSSR count). The monoisotopic (exact) mass is 296 g/mol. The molecule has 4 heteroatoms. The SMILES string of the molecule is Cc1cc(Br)cnc1Nc1ccc(Cl)cc1. The highest BCUT2D eigenvalue weighted by molar-refractivity contribution is 9.10. The van der Waals surface area contributed by atoms with Gasteiger partial charge in [-0.25, -0.2) is 4.98 Å². The van der Waals surface area contributed by atoms with Crippen molar-refractivity contribution >= 4 is 39.0 Å². The van der Waals surface area contributed by atoms with E-state index in [2.05, 4.69) is 26.2 Å². The molecule has 1 aromatic carbocycles. The van der Waals surface area contributed by atoms with E-state index in [1.165, 1.54) is 0 Å². The van der Waals surface area contributed by atoms with Gasteiger partial charge >= 0.3 is 0 Å². The molecule has 0 bridgehead atoms. The summed E-state index contributed by atoms with van der Waals surface area (Å²) in [6.45, 7) is 2.01. The lowest BCUT2D eigenvalue weighted by atomic mass is 10.2. The van der Waals surface area contributed by atoms with Crippen molar-refractivity contribution in [2.24, 2.45) is 0 Å². The Bertz CT molecular complexity index is 497. The Labute approximate surface area is 108 Å². The molecule has 82 valence electrons. The van der Waals surface area contributed by atoms with E-state index in [1.807, 2.05) is 37.3 Å². The largest absolute Gasteiger partial charge is 0.340 e. The quantitative estimate of drug-likeness (QED) is 0.879. The van der Waals surface area contributed by atoms with E-state index < -0.39 is 0 Å². The second-order valence-electron chi connectivity index (χ2n) is 3.45. The van der Waals surface area contributed by atoms with E-state index in [1.54, 1.807) is 6.20 Å². The Hall–Kier alpha value is -1.06. The van der Waals surface area contributed by atoms with Crippen molar-refractivity contribution in [1.82, 2.24) is 4.98 Å². The van der Waals surface area contributed by atoms with Gasteiger partial charge in [0.15, 0.2) is 0 Å². The van der Waals surface area contributed by atoms with Crippen LogP contribution in [0.4, 0.5) is 11.5 Å². The van der Waals surface area contributed by atoms with Crippen LogP contribution in [0.1, 0.15) is 5.56 Å². The molecular formula is C12H10BrClN2. The molecule has 0 atom stereocenters. The lowest BCUT2D eigenvalue weighted by molar-refractivity contribution is 1.24. The molecule has 0 aliphatic heterocycles. The predicted octanol–water partition coefficient (Wildman–Crippen LogP) is 4.55. The molecule has 0 aliphatic rings. The number of aromatic nitrogens is 1. The Kier molecular flexibility index (Phi) is 3.46. The Morgan fingerprint density at radius 1 is 1.25 bits per heavy atom. The number of aryl methyl sites for hydroxylation is 1. The van der Waals surface area contributed by atoms with Gasteiger partial charge in [0.1, 0.15) is 5.82 Å². The molecule has 0 fully saturated rings. The molecule has 2 nitrogen and oxygen atoms in total. The van der Waals surface area contributed by atoms with Crippen molar-refractivity contribution in [3.05, 3.63) is 51.6 Å². The number of benzene rings is 1. The molecule has 0 spiro atoms. The zero-order chi connectivity index (χ0) is 11.5. The van der Waals surface area contributed by atoms with Gasteiger partial charge in [-0.2, -0.15) is 0 Å². The minimum Gasteiger partial charge on any atom is -0.340 e. The number of hydrogen-bond acceptors (Lipinski definition) is 2. The summed E-state index contributed by atoms with van der Waals surface area (Å²) < 4.78 is 0.978. The third-order valence-electron chi connectivity index (χ3n) is 2.15. The van der Waals surface area contributed by atoms with Crippen molar-refractivity contribution in [1.29, 1.82) is 0 Å². The van der Waals surface area contributed by atoms with Gasteiger partial charge in [-0.15, -0.1) is 0 Å². The number of pyridine rings is 1. The lowest BCUT2D eigenvalue weighted by Crippen LogP contribution is -1.95. The second-order valence-corrected chi connectivity index (χ2v) is 4.80. The topological polar surface area (TPSA) is 24.9 Å². The summed E-state index contributed by atoms with van der Waals surface area (Å²) in [6.07, 6.45) is 1.77. The predicted molar refractivity (Wildman–Crippen MR) is 71.4 cm³/mol. The molecule has 16 heavy (non-hydrogen) atoms. The zero-order valence-corrected chi connectivity index (χ0v) is 11.0. The van der Waals surface area contributed by atoms with E-state index in [9.17, 15) is 0 Å². The maximum absolute atomic E-state index is 5.82. The van der Waals surface area contributed by atoms with Crippen LogP contribution in [-0.2, 0) is 0 Å². The van der Waals surface area contributed by atoms with E-state index in [4.69, 9.17) is 11.6 Å². The molecule has 0 aliphatic carbocycles. The molecular weight excluding hydrogens is 288 g/mol. The summed E-state index contributed by atoms with van der Waals surface area (Å²) >= 11 is 9.20. The van der Waals surface area contributed by atoms with Gasteiger partial charge in [0.25, 0.3) is 0 Å². The first-order valence-electron chi connectivity index (χ1n) is 4.80. The van der Waals surface area contributed by atoms with Gasteiger partial charge < -0.3 is 5.32 Å². The Balaban J connectivity index is 2.23. The third-order valence-corrected chi connectivity index (χ3v) is 2.84. The van der Waals surface area contributed by atoms with Gasteiger partial charge in [0, 0.05) is 21.4 Å². The first kappa shape index (κ1) is 11.4. The second kappa shape index (κ2) is 4.85. The van der Waals surface area contributed by atoms with Crippen LogP contribution in [0, 0.1) is 6.92 Å². The molecule has 1 heterocycles. The highest BCUT2D eigenvalue weighted by Crippen LogP contribution is 2.22. The highest BCUT2D eigenvalue weighted by atomic mass is 79.9. The van der Waals surface area contributed by atoms with Crippen LogP contribution in [0.15, 0.2) is 41.0 Å². The van der Waals surface area contributed by atoms with E-state index in [0.717, 1.165) is 26.6 Å². The average Bonchev–Trinajstić information content (AvgIpc) is 2.25. The number of anilines is 2. The van der Waals surface area contributed by atoms with Gasteiger partial charge in [0.2, 0.25) is 0 Å². The van der Waals surface area contributed by atoms with Gasteiger partial charge in [-0.3, -0.25) is 0 Å². The van der Waals surface area contributed by atoms with Crippen LogP contribution in [0.5, 0.6) is 0 Å². The molecule has 1 N–H and O–H groups in total. The number of halogens is 2. The first-order valence-corrected chi connectivity index (χ1v) is 5.97. The number of rotatable bonds is 2. The van der Waals surface area contributed by atoms with Crippen LogP contribution in [0.2, 0.25) is 5.02 Å². The van der Waals surface area contributed by atoms with Crippen LogP contribution < -0.4 is 5.32 Å². The third kappa shape index (κ3) is 2.74. The van der Waals surface area contributed by atoms with Crippen LogP contribution in [-0.4, -0.2) is 4.98 Å². The number of nitrogens with one attached hydrogen (secondary N) is 1. The van der Waals surface area contributed by atoms with Gasteiger partial charge in [0.05, 0.1) is 0 Å². The number of hydrogen-bond donors (Lipinski definition) is 1. The minimum absolute atomic E-state index is 0.728. The molecule has 0 radical (unpaired) electrons. The average molecular weight is 298 g/mol. The molecule has 2 aromatic rings. The summed E-state index contributed by atoms with van der Waals surface area (Å²) in [6, 6.07) is 9.55.